The van der Waals surface area contributed by atoms with E-state index in [0.29, 0.717) is 46.4 Å². The Hall–Kier alpha value is -3.55. The first kappa shape index (κ1) is 25.1. The minimum atomic E-state index is -0.528. The smallest absolute Gasteiger partial charge is 0.343 e. The Kier molecular flexibility index (Phi) is 8.90. The summed E-state index contributed by atoms with van der Waals surface area (Å²) in [5.41, 5.74) is 3.74. The molecule has 0 aromatic heterocycles. The molecule has 7 nitrogen and oxygen atoms in total. The van der Waals surface area contributed by atoms with Crippen molar-refractivity contribution in [2.75, 3.05) is 13.2 Å². The fourth-order valence-corrected chi connectivity index (χ4v) is 3.14. The van der Waals surface area contributed by atoms with Gasteiger partial charge in [0.05, 0.1) is 35.0 Å². The lowest BCUT2D eigenvalue weighted by Crippen LogP contribution is -2.17. The van der Waals surface area contributed by atoms with Gasteiger partial charge in [0.1, 0.15) is 5.75 Å². The van der Waals surface area contributed by atoms with Crippen molar-refractivity contribution in [1.29, 1.82) is 0 Å². The Morgan fingerprint density at radius 3 is 2.24 bits per heavy atom. The molecule has 0 atom stereocenters. The molecule has 1 N–H and O–H groups in total. The van der Waals surface area contributed by atoms with Gasteiger partial charge in [0.25, 0.3) is 5.91 Å². The maximum absolute atomic E-state index is 12.5. The van der Waals surface area contributed by atoms with Crippen LogP contribution in [0.1, 0.15) is 40.1 Å². The molecule has 9 heteroatoms. The van der Waals surface area contributed by atoms with Gasteiger partial charge in [-0.2, -0.15) is 5.10 Å². The van der Waals surface area contributed by atoms with Crippen LogP contribution in [0.2, 0.25) is 10.0 Å². The van der Waals surface area contributed by atoms with Gasteiger partial charge in [0, 0.05) is 5.56 Å². The van der Waals surface area contributed by atoms with E-state index in [2.05, 4.69) is 10.5 Å². The highest BCUT2D eigenvalue weighted by Crippen LogP contribution is 2.29. The quantitative estimate of drug-likeness (QED) is 0.174. The standard InChI is InChI=1S/C25H22Cl2N2O5/c1-3-32-19-9-6-17(7-10-19)25(31)34-22-12-5-16(13-23(22)33-4-2)15-28-29-24(30)18-8-11-20(26)21(27)14-18/h5-15H,3-4H2,1-2H3,(H,29,30)/b28-15+. The summed E-state index contributed by atoms with van der Waals surface area (Å²) in [6.07, 6.45) is 1.44. The molecule has 176 valence electrons. The SMILES string of the molecule is CCOc1ccc(C(=O)Oc2ccc(/C=N/NC(=O)c3ccc(Cl)c(Cl)c3)cc2OCC)cc1. The molecule has 0 saturated carbocycles. The number of hydrogen-bond acceptors (Lipinski definition) is 6. The van der Waals surface area contributed by atoms with Gasteiger partial charge in [-0.05, 0) is 80.1 Å². The average molecular weight is 501 g/mol. The van der Waals surface area contributed by atoms with E-state index in [-0.39, 0.29) is 10.8 Å². The van der Waals surface area contributed by atoms with Crippen LogP contribution >= 0.6 is 23.2 Å². The van der Waals surface area contributed by atoms with E-state index >= 15 is 0 Å². The molecule has 3 aromatic carbocycles. The van der Waals surface area contributed by atoms with Gasteiger partial charge in [-0.15, -0.1) is 0 Å². The number of ether oxygens (including phenoxy) is 3. The highest BCUT2D eigenvalue weighted by molar-refractivity contribution is 6.42. The van der Waals surface area contributed by atoms with Crippen molar-refractivity contribution in [3.63, 3.8) is 0 Å². The van der Waals surface area contributed by atoms with Crippen LogP contribution in [0, 0.1) is 0 Å². The molecule has 0 unspecified atom stereocenters. The fourth-order valence-electron chi connectivity index (χ4n) is 2.84. The summed E-state index contributed by atoms with van der Waals surface area (Å²) in [5.74, 6) is 0.322. The van der Waals surface area contributed by atoms with Gasteiger partial charge in [-0.3, -0.25) is 4.79 Å². The maximum atomic E-state index is 12.5. The van der Waals surface area contributed by atoms with Crippen molar-refractivity contribution >= 4 is 41.3 Å². The summed E-state index contributed by atoms with van der Waals surface area (Å²) < 4.78 is 16.5. The molecule has 0 aliphatic carbocycles. The maximum Gasteiger partial charge on any atom is 0.343 e. The molecule has 3 rings (SSSR count). The summed E-state index contributed by atoms with van der Waals surface area (Å²) in [6.45, 7) is 4.60. The number of nitrogens with zero attached hydrogens (tertiary/aromatic N) is 1. The third-order valence-electron chi connectivity index (χ3n) is 4.43. The van der Waals surface area contributed by atoms with E-state index in [1.54, 1.807) is 48.5 Å². The summed E-state index contributed by atoms with van der Waals surface area (Å²) in [7, 11) is 0. The Balaban J connectivity index is 1.68. The first-order valence-electron chi connectivity index (χ1n) is 10.4. The van der Waals surface area contributed by atoms with Crippen LogP contribution in [0.3, 0.4) is 0 Å². The Labute approximate surface area is 207 Å². The molecule has 0 spiro atoms. The number of amides is 1. The number of halogens is 2. The van der Waals surface area contributed by atoms with Gasteiger partial charge in [-0.25, -0.2) is 10.2 Å². The van der Waals surface area contributed by atoms with E-state index in [0.717, 1.165) is 0 Å². The second-order valence-corrected chi connectivity index (χ2v) is 7.63. The highest BCUT2D eigenvalue weighted by atomic mass is 35.5. The van der Waals surface area contributed by atoms with Crippen molar-refractivity contribution in [3.8, 4) is 17.2 Å². The van der Waals surface area contributed by atoms with Crippen LogP contribution in [-0.2, 0) is 0 Å². The summed E-state index contributed by atoms with van der Waals surface area (Å²) in [5, 5.41) is 4.59. The van der Waals surface area contributed by atoms with Crippen molar-refractivity contribution < 1.29 is 23.8 Å². The second kappa shape index (κ2) is 12.1. The van der Waals surface area contributed by atoms with Gasteiger partial charge in [0.2, 0.25) is 0 Å². The van der Waals surface area contributed by atoms with Gasteiger partial charge >= 0.3 is 5.97 Å². The highest BCUT2D eigenvalue weighted by Gasteiger charge is 2.14. The molecule has 0 saturated heterocycles. The largest absolute Gasteiger partial charge is 0.494 e. The predicted octanol–water partition coefficient (Wildman–Crippen LogP) is 5.77. The summed E-state index contributed by atoms with van der Waals surface area (Å²) in [6, 6.07) is 16.1. The van der Waals surface area contributed by atoms with Crippen LogP contribution in [0.5, 0.6) is 17.2 Å². The summed E-state index contributed by atoms with van der Waals surface area (Å²) >= 11 is 11.8. The Morgan fingerprint density at radius 1 is 0.853 bits per heavy atom. The van der Waals surface area contributed by atoms with Crippen molar-refractivity contribution in [2.24, 2.45) is 5.10 Å². The lowest BCUT2D eigenvalue weighted by Gasteiger charge is -2.11. The number of hydrazone groups is 1. The van der Waals surface area contributed by atoms with E-state index < -0.39 is 11.9 Å². The molecular weight excluding hydrogens is 479 g/mol. The minimum absolute atomic E-state index is 0.262. The molecule has 0 radical (unpaired) electrons. The minimum Gasteiger partial charge on any atom is -0.494 e. The van der Waals surface area contributed by atoms with Crippen LogP contribution in [0.15, 0.2) is 65.8 Å². The van der Waals surface area contributed by atoms with Crippen LogP contribution in [0.4, 0.5) is 0 Å². The second-order valence-electron chi connectivity index (χ2n) is 6.81. The summed E-state index contributed by atoms with van der Waals surface area (Å²) in [4.78, 5) is 24.8. The number of rotatable bonds is 9. The first-order chi connectivity index (χ1) is 16.4. The third kappa shape index (κ3) is 6.73. The zero-order chi connectivity index (χ0) is 24.5. The van der Waals surface area contributed by atoms with Crippen LogP contribution in [-0.4, -0.2) is 31.3 Å². The van der Waals surface area contributed by atoms with Gasteiger partial charge in [0.15, 0.2) is 11.5 Å². The van der Waals surface area contributed by atoms with Crippen molar-refractivity contribution in [1.82, 2.24) is 5.43 Å². The predicted molar refractivity (Wildman–Crippen MR) is 132 cm³/mol. The zero-order valence-corrected chi connectivity index (χ0v) is 20.0. The fraction of sp³-hybridized carbons (Fsp3) is 0.160. The van der Waals surface area contributed by atoms with E-state index in [4.69, 9.17) is 37.4 Å². The van der Waals surface area contributed by atoms with E-state index in [1.807, 2.05) is 13.8 Å². The Bertz CT molecular complexity index is 1200. The number of carbonyl (C=O) groups is 2. The average Bonchev–Trinajstić information content (AvgIpc) is 2.83. The molecule has 0 heterocycles. The molecule has 0 bridgehead atoms. The molecule has 0 aliphatic heterocycles. The molecule has 0 aliphatic rings. The lowest BCUT2D eigenvalue weighted by molar-refractivity contribution is 0.0728. The van der Waals surface area contributed by atoms with Crippen molar-refractivity contribution in [3.05, 3.63) is 87.4 Å². The van der Waals surface area contributed by atoms with E-state index in [9.17, 15) is 9.59 Å². The van der Waals surface area contributed by atoms with Gasteiger partial charge in [-0.1, -0.05) is 23.2 Å². The van der Waals surface area contributed by atoms with Gasteiger partial charge < -0.3 is 14.2 Å². The molecule has 34 heavy (non-hydrogen) atoms. The monoisotopic (exact) mass is 500 g/mol. The molecular formula is C25H22Cl2N2O5. The zero-order valence-electron chi connectivity index (χ0n) is 18.5. The third-order valence-corrected chi connectivity index (χ3v) is 5.17. The number of nitrogens with one attached hydrogen (secondary N) is 1. The molecule has 0 fully saturated rings. The topological polar surface area (TPSA) is 86.2 Å². The van der Waals surface area contributed by atoms with E-state index in [1.165, 1.54) is 18.3 Å². The number of carbonyl (C=O) groups excluding carboxylic acids is 2. The van der Waals surface area contributed by atoms with Crippen LogP contribution < -0.4 is 19.6 Å². The van der Waals surface area contributed by atoms with Crippen molar-refractivity contribution in [2.45, 2.75) is 13.8 Å². The first-order valence-corrected chi connectivity index (χ1v) is 11.2. The van der Waals surface area contributed by atoms with Crippen LogP contribution in [0.25, 0.3) is 0 Å². The molecule has 3 aromatic rings. The lowest BCUT2D eigenvalue weighted by atomic mass is 10.2. The number of hydrogen-bond donors (Lipinski definition) is 1. The number of esters is 1. The normalized spacial score (nSPS) is 10.7. The number of benzene rings is 3. The molecule has 1 amide bonds. The Morgan fingerprint density at radius 2 is 1.56 bits per heavy atom.